The molecule has 1 aromatic carbocycles. The first-order valence-corrected chi connectivity index (χ1v) is 8.44. The summed E-state index contributed by atoms with van der Waals surface area (Å²) >= 11 is 1.62. The van der Waals surface area contributed by atoms with Crippen molar-refractivity contribution < 1.29 is 4.79 Å². The number of carbonyl (C=O) groups excluding carboxylic acids is 1. The molecule has 1 amide bonds. The molecule has 1 N–H and O–H groups in total. The molecule has 0 saturated carbocycles. The van der Waals surface area contributed by atoms with E-state index in [1.54, 1.807) is 11.3 Å². The quantitative estimate of drug-likeness (QED) is 0.762. The third-order valence-corrected chi connectivity index (χ3v) is 4.20. The third kappa shape index (κ3) is 5.58. The van der Waals surface area contributed by atoms with Gasteiger partial charge in [0.2, 0.25) is 5.91 Å². The summed E-state index contributed by atoms with van der Waals surface area (Å²) in [5, 5.41) is 6.03. The Bertz CT molecular complexity index is 581. The van der Waals surface area contributed by atoms with Gasteiger partial charge < -0.3 is 10.2 Å². The minimum absolute atomic E-state index is 0.107. The predicted molar refractivity (Wildman–Crippen MR) is 92.1 cm³/mol. The molecule has 2 rings (SSSR count). The lowest BCUT2D eigenvalue weighted by atomic mass is 10.2. The molecule has 0 atom stereocenters. The lowest BCUT2D eigenvalue weighted by Gasteiger charge is -2.09. The van der Waals surface area contributed by atoms with Crippen molar-refractivity contribution in [2.45, 2.75) is 19.3 Å². The first kappa shape index (κ1) is 16.6. The Kier molecular flexibility index (Phi) is 6.55. The zero-order valence-corrected chi connectivity index (χ0v) is 14.0. The molecule has 0 bridgehead atoms. The second-order valence-electron chi connectivity index (χ2n) is 5.50. The smallest absolute Gasteiger partial charge is 0.220 e. The molecule has 1 heterocycles. The van der Waals surface area contributed by atoms with Gasteiger partial charge in [-0.15, -0.1) is 11.3 Å². The number of benzene rings is 1. The largest absolute Gasteiger partial charge is 0.356 e. The first-order chi connectivity index (χ1) is 10.6. The molecule has 0 aliphatic carbocycles. The van der Waals surface area contributed by atoms with Crippen LogP contribution in [-0.4, -0.2) is 43.0 Å². The van der Waals surface area contributed by atoms with E-state index in [1.165, 1.54) is 0 Å². The van der Waals surface area contributed by atoms with Crippen LogP contribution in [0.5, 0.6) is 0 Å². The highest BCUT2D eigenvalue weighted by Gasteiger charge is 2.07. The fraction of sp³-hybridized carbons (Fsp3) is 0.412. The minimum atomic E-state index is 0.107. The van der Waals surface area contributed by atoms with E-state index < -0.39 is 0 Å². The van der Waals surface area contributed by atoms with Gasteiger partial charge in [-0.2, -0.15) is 0 Å². The highest BCUT2D eigenvalue weighted by Crippen LogP contribution is 2.22. The number of nitrogens with zero attached hydrogens (tertiary/aromatic N) is 2. The van der Waals surface area contributed by atoms with E-state index in [1.807, 2.05) is 32.3 Å². The maximum atomic E-state index is 11.8. The molecule has 1 aromatic heterocycles. The maximum absolute atomic E-state index is 11.8. The van der Waals surface area contributed by atoms with E-state index in [-0.39, 0.29) is 5.91 Å². The lowest BCUT2D eigenvalue weighted by Crippen LogP contribution is -2.27. The number of hydrogen-bond acceptors (Lipinski definition) is 4. The molecule has 118 valence electrons. The average Bonchev–Trinajstić information content (AvgIpc) is 2.99. The zero-order valence-electron chi connectivity index (χ0n) is 13.2. The molecular formula is C17H23N3OS. The van der Waals surface area contributed by atoms with Gasteiger partial charge in [0.1, 0.15) is 0 Å². The number of carbonyl (C=O) groups is 1. The van der Waals surface area contributed by atoms with Gasteiger partial charge in [-0.1, -0.05) is 30.3 Å². The van der Waals surface area contributed by atoms with E-state index >= 15 is 0 Å². The van der Waals surface area contributed by atoms with E-state index in [2.05, 4.69) is 32.7 Å². The lowest BCUT2D eigenvalue weighted by molar-refractivity contribution is -0.121. The van der Waals surface area contributed by atoms with Gasteiger partial charge in [-0.3, -0.25) is 4.79 Å². The molecule has 0 aliphatic rings. The fourth-order valence-electron chi connectivity index (χ4n) is 2.10. The Morgan fingerprint density at radius 1 is 1.27 bits per heavy atom. The van der Waals surface area contributed by atoms with Gasteiger partial charge >= 0.3 is 0 Å². The van der Waals surface area contributed by atoms with Crippen LogP contribution in [0, 0.1) is 0 Å². The van der Waals surface area contributed by atoms with Crippen molar-refractivity contribution in [3.63, 3.8) is 0 Å². The summed E-state index contributed by atoms with van der Waals surface area (Å²) in [7, 11) is 4.07. The van der Waals surface area contributed by atoms with Crippen molar-refractivity contribution in [3.05, 3.63) is 40.7 Å². The number of rotatable bonds is 8. The zero-order chi connectivity index (χ0) is 15.8. The highest BCUT2D eigenvalue weighted by atomic mass is 32.1. The molecule has 0 saturated heterocycles. The Morgan fingerprint density at radius 3 is 2.77 bits per heavy atom. The fourth-order valence-corrected chi connectivity index (χ4v) is 2.91. The topological polar surface area (TPSA) is 45.2 Å². The molecule has 5 heteroatoms. The molecule has 0 fully saturated rings. The van der Waals surface area contributed by atoms with Crippen LogP contribution in [0.3, 0.4) is 0 Å². The van der Waals surface area contributed by atoms with E-state index in [0.29, 0.717) is 12.8 Å². The second kappa shape index (κ2) is 8.66. The summed E-state index contributed by atoms with van der Waals surface area (Å²) in [5.41, 5.74) is 2.12. The van der Waals surface area contributed by atoms with Gasteiger partial charge in [0.05, 0.1) is 10.7 Å². The first-order valence-electron chi connectivity index (χ1n) is 7.56. The number of aromatic nitrogens is 1. The SMILES string of the molecule is CN(C)CCCNC(=O)CCc1nc(-c2ccccc2)cs1. The molecule has 0 unspecified atom stereocenters. The van der Waals surface area contributed by atoms with Crippen LogP contribution in [0.15, 0.2) is 35.7 Å². The third-order valence-electron chi connectivity index (χ3n) is 3.29. The molecule has 2 aromatic rings. The normalized spacial score (nSPS) is 10.9. The van der Waals surface area contributed by atoms with Crippen molar-refractivity contribution in [3.8, 4) is 11.3 Å². The Balaban J connectivity index is 1.73. The van der Waals surface area contributed by atoms with Crippen LogP contribution in [0.1, 0.15) is 17.8 Å². The Hall–Kier alpha value is -1.72. The summed E-state index contributed by atoms with van der Waals surface area (Å²) in [6, 6.07) is 10.1. The molecule has 4 nitrogen and oxygen atoms in total. The second-order valence-corrected chi connectivity index (χ2v) is 6.44. The molecular weight excluding hydrogens is 294 g/mol. The van der Waals surface area contributed by atoms with Crippen LogP contribution < -0.4 is 5.32 Å². The number of amides is 1. The Labute approximate surface area is 136 Å². The summed E-state index contributed by atoms with van der Waals surface area (Å²) in [5.74, 6) is 0.107. The minimum Gasteiger partial charge on any atom is -0.356 e. The predicted octanol–water partition coefficient (Wildman–Crippen LogP) is 2.81. The molecule has 22 heavy (non-hydrogen) atoms. The maximum Gasteiger partial charge on any atom is 0.220 e. The van der Waals surface area contributed by atoms with Crippen LogP contribution in [0.25, 0.3) is 11.3 Å². The highest BCUT2D eigenvalue weighted by molar-refractivity contribution is 7.09. The summed E-state index contributed by atoms with van der Waals surface area (Å²) in [6.07, 6.45) is 2.19. The van der Waals surface area contributed by atoms with E-state index in [9.17, 15) is 4.79 Å². The van der Waals surface area contributed by atoms with Crippen LogP contribution in [-0.2, 0) is 11.2 Å². The van der Waals surface area contributed by atoms with Crippen molar-refractivity contribution in [1.29, 1.82) is 0 Å². The van der Waals surface area contributed by atoms with E-state index in [4.69, 9.17) is 0 Å². The molecule has 0 aliphatic heterocycles. The van der Waals surface area contributed by atoms with E-state index in [0.717, 1.165) is 35.8 Å². The van der Waals surface area contributed by atoms with Crippen LogP contribution in [0.4, 0.5) is 0 Å². The summed E-state index contributed by atoms with van der Waals surface area (Å²) in [4.78, 5) is 18.5. The van der Waals surface area contributed by atoms with Gasteiger partial charge in [0.25, 0.3) is 0 Å². The summed E-state index contributed by atoms with van der Waals surface area (Å²) in [6.45, 7) is 1.73. The van der Waals surface area contributed by atoms with Crippen LogP contribution >= 0.6 is 11.3 Å². The summed E-state index contributed by atoms with van der Waals surface area (Å²) < 4.78 is 0. The number of hydrogen-bond donors (Lipinski definition) is 1. The van der Waals surface area contributed by atoms with Crippen molar-refractivity contribution >= 4 is 17.2 Å². The molecule has 0 radical (unpaired) electrons. The monoisotopic (exact) mass is 317 g/mol. The van der Waals surface area contributed by atoms with Gasteiger partial charge in [-0.25, -0.2) is 4.98 Å². The average molecular weight is 317 g/mol. The molecule has 0 spiro atoms. The van der Waals surface area contributed by atoms with Gasteiger partial charge in [-0.05, 0) is 27.1 Å². The number of thiazole rings is 1. The number of aryl methyl sites for hydroxylation is 1. The van der Waals surface area contributed by atoms with Gasteiger partial charge in [0.15, 0.2) is 0 Å². The standard InChI is InChI=1S/C17H23N3OS/c1-20(2)12-6-11-18-16(21)9-10-17-19-15(13-22-17)14-7-4-3-5-8-14/h3-5,7-8,13H,6,9-12H2,1-2H3,(H,18,21). The Morgan fingerprint density at radius 2 is 2.05 bits per heavy atom. The van der Waals surface area contributed by atoms with Crippen molar-refractivity contribution in [1.82, 2.24) is 15.2 Å². The van der Waals surface area contributed by atoms with Crippen molar-refractivity contribution in [2.75, 3.05) is 27.2 Å². The van der Waals surface area contributed by atoms with Gasteiger partial charge in [0, 0.05) is 30.3 Å². The van der Waals surface area contributed by atoms with Crippen molar-refractivity contribution in [2.24, 2.45) is 0 Å². The van der Waals surface area contributed by atoms with Crippen LogP contribution in [0.2, 0.25) is 0 Å². The number of nitrogens with one attached hydrogen (secondary N) is 1.